The molecule has 0 N–H and O–H groups in total. The van der Waals surface area contributed by atoms with Crippen LogP contribution in [0.5, 0.6) is 0 Å². The van der Waals surface area contributed by atoms with Gasteiger partial charge in [-0.25, -0.2) is 4.98 Å². The Morgan fingerprint density at radius 3 is 3.00 bits per heavy atom. The third kappa shape index (κ3) is 2.72. The summed E-state index contributed by atoms with van der Waals surface area (Å²) in [5.41, 5.74) is 1.83. The van der Waals surface area contributed by atoms with E-state index in [1.54, 1.807) is 11.3 Å². The molecule has 0 saturated heterocycles. The van der Waals surface area contributed by atoms with Gasteiger partial charge in [-0.15, -0.1) is 11.3 Å². The summed E-state index contributed by atoms with van der Waals surface area (Å²) in [4.78, 5) is 19.5. The summed E-state index contributed by atoms with van der Waals surface area (Å²) in [5, 5.41) is 1.65. The number of halogens is 1. The molecule has 0 unspecified atom stereocenters. The number of ketones is 1. The van der Waals surface area contributed by atoms with E-state index in [-0.39, 0.29) is 5.78 Å². The van der Waals surface area contributed by atoms with Crippen LogP contribution in [0.15, 0.2) is 24.3 Å². The maximum atomic E-state index is 11.8. The van der Waals surface area contributed by atoms with E-state index in [1.807, 2.05) is 31.3 Å². The van der Waals surface area contributed by atoms with E-state index >= 15 is 0 Å². The molecule has 5 heteroatoms. The molecule has 1 aromatic heterocycles. The number of aromatic nitrogens is 1. The average molecular weight is 307 g/mol. The summed E-state index contributed by atoms with van der Waals surface area (Å²) in [6, 6.07) is 7.81. The lowest BCUT2D eigenvalue weighted by atomic mass is 10.0. The zero-order chi connectivity index (χ0) is 14.1. The Hall–Kier alpha value is -1.39. The van der Waals surface area contributed by atoms with Crippen molar-refractivity contribution in [3.8, 4) is 0 Å². The van der Waals surface area contributed by atoms with Gasteiger partial charge in [-0.2, -0.15) is 0 Å². The second-order valence-electron chi connectivity index (χ2n) is 5.03. The Morgan fingerprint density at radius 2 is 2.25 bits per heavy atom. The Bertz CT molecular complexity index is 653. The van der Waals surface area contributed by atoms with Crippen LogP contribution in [0.3, 0.4) is 0 Å². The van der Waals surface area contributed by atoms with Crippen molar-refractivity contribution in [2.45, 2.75) is 25.8 Å². The maximum Gasteiger partial charge on any atom is 0.186 e. The maximum absolute atomic E-state index is 11.8. The summed E-state index contributed by atoms with van der Waals surface area (Å²) in [5.74, 6) is 0.185. The Balaban J connectivity index is 1.81. The van der Waals surface area contributed by atoms with Gasteiger partial charge in [0.15, 0.2) is 10.9 Å². The van der Waals surface area contributed by atoms with Crippen molar-refractivity contribution >= 4 is 33.9 Å². The number of thiazole rings is 1. The van der Waals surface area contributed by atoms with Crippen LogP contribution in [0.25, 0.3) is 0 Å². The second kappa shape index (κ2) is 5.54. The molecule has 0 aliphatic heterocycles. The van der Waals surface area contributed by atoms with E-state index in [1.165, 1.54) is 0 Å². The number of rotatable bonds is 3. The zero-order valence-electron chi connectivity index (χ0n) is 11.2. The molecule has 3 nitrogen and oxygen atoms in total. The normalized spacial score (nSPS) is 14.2. The van der Waals surface area contributed by atoms with Crippen LogP contribution < -0.4 is 4.90 Å². The van der Waals surface area contributed by atoms with Gasteiger partial charge in [-0.05, 0) is 30.5 Å². The predicted octanol–water partition coefficient (Wildman–Crippen LogP) is 3.95. The van der Waals surface area contributed by atoms with Crippen LogP contribution in [-0.2, 0) is 13.0 Å². The molecule has 1 aliphatic carbocycles. The number of hydrogen-bond acceptors (Lipinski definition) is 4. The Labute approximate surface area is 127 Å². The number of carbonyl (C=O) groups is 1. The zero-order valence-corrected chi connectivity index (χ0v) is 12.8. The highest BCUT2D eigenvalue weighted by molar-refractivity contribution is 7.15. The molecule has 3 rings (SSSR count). The first-order valence-corrected chi connectivity index (χ1v) is 7.81. The van der Waals surface area contributed by atoms with E-state index in [4.69, 9.17) is 11.6 Å². The van der Waals surface area contributed by atoms with Crippen molar-refractivity contribution in [1.29, 1.82) is 0 Å². The van der Waals surface area contributed by atoms with Crippen LogP contribution in [0.1, 0.15) is 33.8 Å². The first-order valence-electron chi connectivity index (χ1n) is 6.62. The lowest BCUT2D eigenvalue weighted by Gasteiger charge is -2.15. The molecule has 1 heterocycles. The molecule has 0 saturated carbocycles. The number of hydrogen-bond donors (Lipinski definition) is 0. The number of anilines is 1. The monoisotopic (exact) mass is 306 g/mol. The van der Waals surface area contributed by atoms with Crippen LogP contribution in [-0.4, -0.2) is 17.8 Å². The molecule has 1 aromatic carbocycles. The number of nitrogens with zero attached hydrogens (tertiary/aromatic N) is 2. The summed E-state index contributed by atoms with van der Waals surface area (Å²) in [6.45, 7) is 0.737. The van der Waals surface area contributed by atoms with Gasteiger partial charge in [0.25, 0.3) is 0 Å². The largest absolute Gasteiger partial charge is 0.347 e. The Morgan fingerprint density at radius 1 is 1.40 bits per heavy atom. The third-order valence-electron chi connectivity index (χ3n) is 3.39. The summed E-state index contributed by atoms with van der Waals surface area (Å²) < 4.78 is 0. The van der Waals surface area contributed by atoms with Crippen molar-refractivity contribution in [2.75, 3.05) is 11.9 Å². The number of aryl methyl sites for hydroxylation is 1. The minimum Gasteiger partial charge on any atom is -0.347 e. The van der Waals surface area contributed by atoms with Crippen LogP contribution in [0.4, 0.5) is 5.13 Å². The number of Topliss-reactive ketones (excluding diaryl/α,β-unsaturated/α-hetero) is 1. The number of carbonyl (C=O) groups excluding carboxylic acids is 1. The SMILES string of the molecule is CN(Cc1cccc(Cl)c1)c1nc2c(s1)CCCC2=O. The summed E-state index contributed by atoms with van der Waals surface area (Å²) >= 11 is 7.63. The quantitative estimate of drug-likeness (QED) is 0.861. The van der Waals surface area contributed by atoms with Crippen LogP contribution in [0, 0.1) is 0 Å². The minimum atomic E-state index is 0.185. The van der Waals surface area contributed by atoms with Gasteiger partial charge in [0.1, 0.15) is 5.69 Å². The predicted molar refractivity (Wildman–Crippen MR) is 82.9 cm³/mol. The average Bonchev–Trinajstić information content (AvgIpc) is 2.84. The van der Waals surface area contributed by atoms with Crippen molar-refractivity contribution < 1.29 is 4.79 Å². The van der Waals surface area contributed by atoms with Gasteiger partial charge in [-0.1, -0.05) is 23.7 Å². The first kappa shape index (κ1) is 13.6. The summed E-state index contributed by atoms with van der Waals surface area (Å²) in [7, 11) is 2.00. The molecule has 0 atom stereocenters. The van der Waals surface area contributed by atoms with Crippen molar-refractivity contribution in [3.63, 3.8) is 0 Å². The van der Waals surface area contributed by atoms with Gasteiger partial charge in [0, 0.05) is 29.9 Å². The molecule has 2 aromatic rings. The fourth-order valence-electron chi connectivity index (χ4n) is 2.39. The van der Waals surface area contributed by atoms with Gasteiger partial charge in [0.05, 0.1) is 0 Å². The molecular formula is C15H15ClN2OS. The van der Waals surface area contributed by atoms with E-state index in [9.17, 15) is 4.79 Å². The van der Waals surface area contributed by atoms with Crippen molar-refractivity contribution in [2.24, 2.45) is 0 Å². The van der Waals surface area contributed by atoms with E-state index in [0.717, 1.165) is 40.0 Å². The van der Waals surface area contributed by atoms with Crippen molar-refractivity contribution in [1.82, 2.24) is 4.98 Å². The van der Waals surface area contributed by atoms with Gasteiger partial charge in [0.2, 0.25) is 0 Å². The third-order valence-corrected chi connectivity index (χ3v) is 4.86. The van der Waals surface area contributed by atoms with Crippen molar-refractivity contribution in [3.05, 3.63) is 45.4 Å². The highest BCUT2D eigenvalue weighted by Gasteiger charge is 2.23. The molecule has 0 fully saturated rings. The van der Waals surface area contributed by atoms with E-state index in [2.05, 4.69) is 9.88 Å². The van der Waals surface area contributed by atoms with Gasteiger partial charge >= 0.3 is 0 Å². The summed E-state index contributed by atoms with van der Waals surface area (Å²) in [6.07, 6.45) is 2.56. The lowest BCUT2D eigenvalue weighted by Crippen LogP contribution is -2.16. The topological polar surface area (TPSA) is 33.2 Å². The molecule has 0 bridgehead atoms. The molecule has 0 amide bonds. The fourth-order valence-corrected chi connectivity index (χ4v) is 3.69. The first-order chi connectivity index (χ1) is 9.63. The fraction of sp³-hybridized carbons (Fsp3) is 0.333. The molecule has 0 spiro atoms. The number of fused-ring (bicyclic) bond motifs is 1. The highest BCUT2D eigenvalue weighted by atomic mass is 35.5. The molecule has 1 aliphatic rings. The second-order valence-corrected chi connectivity index (χ2v) is 6.53. The highest BCUT2D eigenvalue weighted by Crippen LogP contribution is 2.31. The molecule has 0 radical (unpaired) electrons. The molecule has 20 heavy (non-hydrogen) atoms. The van der Waals surface area contributed by atoms with Gasteiger partial charge < -0.3 is 4.90 Å². The van der Waals surface area contributed by atoms with E-state index < -0.39 is 0 Å². The molecular weight excluding hydrogens is 292 g/mol. The smallest absolute Gasteiger partial charge is 0.186 e. The number of benzene rings is 1. The standard InChI is InChI=1S/C15H15ClN2OS/c1-18(9-10-4-2-5-11(16)8-10)15-17-14-12(19)6-3-7-13(14)20-15/h2,4-5,8H,3,6-7,9H2,1H3. The van der Waals surface area contributed by atoms with E-state index in [0.29, 0.717) is 12.1 Å². The molecule has 104 valence electrons. The van der Waals surface area contributed by atoms with Crippen LogP contribution >= 0.6 is 22.9 Å². The lowest BCUT2D eigenvalue weighted by molar-refractivity contribution is 0.0968. The Kier molecular flexibility index (Phi) is 3.76. The van der Waals surface area contributed by atoms with Gasteiger partial charge in [-0.3, -0.25) is 4.79 Å². The van der Waals surface area contributed by atoms with Crippen LogP contribution in [0.2, 0.25) is 5.02 Å². The minimum absolute atomic E-state index is 0.185.